The van der Waals surface area contributed by atoms with E-state index in [-0.39, 0.29) is 0 Å². The number of nitrogens with zero attached hydrogens (tertiary/aromatic N) is 1. The lowest BCUT2D eigenvalue weighted by Gasteiger charge is -2.30. The number of carboxylic acids is 1. The molecular weight excluding hydrogens is 228 g/mol. The van der Waals surface area contributed by atoms with Crippen molar-refractivity contribution in [1.82, 2.24) is 4.90 Å². The molecule has 4 nitrogen and oxygen atoms in total. The fourth-order valence-electron chi connectivity index (χ4n) is 2.46. The Morgan fingerprint density at radius 2 is 2.39 bits per heavy atom. The molecule has 1 atom stereocenters. The molecule has 18 heavy (non-hydrogen) atoms. The number of anilines is 1. The summed E-state index contributed by atoms with van der Waals surface area (Å²) in [5.74, 6) is -0.228. The van der Waals surface area contributed by atoms with Crippen LogP contribution in [-0.4, -0.2) is 42.7 Å². The molecule has 0 saturated carbocycles. The van der Waals surface area contributed by atoms with Gasteiger partial charge in [0.05, 0.1) is 5.56 Å². The fraction of sp³-hybridized carbons (Fsp3) is 0.500. The van der Waals surface area contributed by atoms with Gasteiger partial charge in [0.25, 0.3) is 0 Å². The first-order chi connectivity index (χ1) is 8.65. The first kappa shape index (κ1) is 12.9. The molecule has 1 aromatic carbocycles. The first-order valence-corrected chi connectivity index (χ1v) is 6.41. The van der Waals surface area contributed by atoms with Gasteiger partial charge in [0.2, 0.25) is 0 Å². The lowest BCUT2D eigenvalue weighted by atomic mass is 9.98. The molecule has 1 aliphatic heterocycles. The highest BCUT2D eigenvalue weighted by Gasteiger charge is 2.16. The number of rotatable bonds is 4. The molecule has 0 radical (unpaired) electrons. The molecule has 0 aromatic heterocycles. The van der Waals surface area contributed by atoms with E-state index in [0.717, 1.165) is 18.8 Å². The van der Waals surface area contributed by atoms with Gasteiger partial charge in [-0.3, -0.25) is 0 Å². The standard InChI is InChI=1S/C14H20N2O2/c1-16-7-3-4-11(10-16)9-15-13-6-2-5-12(8-13)14(17)18/h2,5-6,8,11,15H,3-4,7,9-10H2,1H3,(H,17,18). The van der Waals surface area contributed by atoms with E-state index >= 15 is 0 Å². The zero-order chi connectivity index (χ0) is 13.0. The maximum absolute atomic E-state index is 10.9. The summed E-state index contributed by atoms with van der Waals surface area (Å²) in [5, 5.41) is 12.3. The highest BCUT2D eigenvalue weighted by Crippen LogP contribution is 2.17. The predicted molar refractivity (Wildman–Crippen MR) is 72.1 cm³/mol. The summed E-state index contributed by atoms with van der Waals surface area (Å²) < 4.78 is 0. The van der Waals surface area contributed by atoms with Gasteiger partial charge in [-0.25, -0.2) is 4.79 Å². The Bertz CT molecular complexity index is 420. The molecule has 1 saturated heterocycles. The number of carbonyl (C=O) groups is 1. The molecule has 4 heteroatoms. The molecule has 2 rings (SSSR count). The number of carboxylic acid groups (broad SMARTS) is 1. The van der Waals surface area contributed by atoms with Crippen LogP contribution >= 0.6 is 0 Å². The summed E-state index contributed by atoms with van der Waals surface area (Å²) in [6.07, 6.45) is 2.49. The molecule has 1 heterocycles. The van der Waals surface area contributed by atoms with Gasteiger partial charge in [0.1, 0.15) is 0 Å². The van der Waals surface area contributed by atoms with Crippen LogP contribution in [0.25, 0.3) is 0 Å². The molecule has 0 amide bonds. The van der Waals surface area contributed by atoms with Crippen LogP contribution in [0.2, 0.25) is 0 Å². The van der Waals surface area contributed by atoms with Crippen LogP contribution in [-0.2, 0) is 0 Å². The van der Waals surface area contributed by atoms with Crippen molar-refractivity contribution in [3.63, 3.8) is 0 Å². The second-order valence-corrected chi connectivity index (χ2v) is 5.04. The summed E-state index contributed by atoms with van der Waals surface area (Å²) in [7, 11) is 2.15. The van der Waals surface area contributed by atoms with E-state index in [1.807, 2.05) is 6.07 Å². The topological polar surface area (TPSA) is 52.6 Å². The van der Waals surface area contributed by atoms with Gasteiger partial charge in [0, 0.05) is 18.8 Å². The SMILES string of the molecule is CN1CCCC(CNc2cccc(C(=O)O)c2)C1. The van der Waals surface area contributed by atoms with Gasteiger partial charge in [-0.15, -0.1) is 0 Å². The van der Waals surface area contributed by atoms with E-state index in [1.54, 1.807) is 18.2 Å². The summed E-state index contributed by atoms with van der Waals surface area (Å²) in [4.78, 5) is 13.2. The van der Waals surface area contributed by atoms with Crippen molar-refractivity contribution in [3.05, 3.63) is 29.8 Å². The maximum Gasteiger partial charge on any atom is 0.335 e. The third-order valence-corrected chi connectivity index (χ3v) is 3.43. The van der Waals surface area contributed by atoms with E-state index in [9.17, 15) is 4.79 Å². The second kappa shape index (κ2) is 5.87. The van der Waals surface area contributed by atoms with Crippen molar-refractivity contribution in [3.8, 4) is 0 Å². The van der Waals surface area contributed by atoms with E-state index in [0.29, 0.717) is 11.5 Å². The average molecular weight is 248 g/mol. The Morgan fingerprint density at radius 3 is 3.11 bits per heavy atom. The molecular formula is C14H20N2O2. The number of piperidine rings is 1. The second-order valence-electron chi connectivity index (χ2n) is 5.04. The van der Waals surface area contributed by atoms with Crippen LogP contribution in [0.15, 0.2) is 24.3 Å². The maximum atomic E-state index is 10.9. The van der Waals surface area contributed by atoms with E-state index in [4.69, 9.17) is 5.11 Å². The number of benzene rings is 1. The van der Waals surface area contributed by atoms with Crippen LogP contribution in [0, 0.1) is 5.92 Å². The summed E-state index contributed by atoms with van der Waals surface area (Å²) in [5.41, 5.74) is 1.23. The molecule has 1 aromatic rings. The average Bonchev–Trinajstić information content (AvgIpc) is 2.37. The third kappa shape index (κ3) is 3.47. The molecule has 98 valence electrons. The zero-order valence-corrected chi connectivity index (χ0v) is 10.7. The van der Waals surface area contributed by atoms with Crippen LogP contribution in [0.5, 0.6) is 0 Å². The molecule has 1 unspecified atom stereocenters. The monoisotopic (exact) mass is 248 g/mol. The molecule has 0 spiro atoms. The van der Waals surface area contributed by atoms with Crippen molar-refractivity contribution in [2.45, 2.75) is 12.8 Å². The Balaban J connectivity index is 1.89. The lowest BCUT2D eigenvalue weighted by Crippen LogP contribution is -2.35. The van der Waals surface area contributed by atoms with Crippen LogP contribution in [0.1, 0.15) is 23.2 Å². The minimum absolute atomic E-state index is 0.334. The molecule has 0 bridgehead atoms. The van der Waals surface area contributed by atoms with E-state index in [1.165, 1.54) is 19.4 Å². The fourth-order valence-corrected chi connectivity index (χ4v) is 2.46. The van der Waals surface area contributed by atoms with Crippen molar-refractivity contribution < 1.29 is 9.90 Å². The molecule has 2 N–H and O–H groups in total. The van der Waals surface area contributed by atoms with Crippen molar-refractivity contribution in [1.29, 1.82) is 0 Å². The lowest BCUT2D eigenvalue weighted by molar-refractivity contribution is 0.0697. The Kier molecular flexibility index (Phi) is 4.20. The number of aromatic carboxylic acids is 1. The third-order valence-electron chi connectivity index (χ3n) is 3.43. The minimum atomic E-state index is -0.879. The number of hydrogen-bond acceptors (Lipinski definition) is 3. The van der Waals surface area contributed by atoms with E-state index < -0.39 is 5.97 Å². The van der Waals surface area contributed by atoms with Gasteiger partial charge < -0.3 is 15.3 Å². The normalized spacial score (nSPS) is 20.6. The number of nitrogens with one attached hydrogen (secondary N) is 1. The van der Waals surface area contributed by atoms with Crippen LogP contribution in [0.3, 0.4) is 0 Å². The van der Waals surface area contributed by atoms with Crippen molar-refractivity contribution >= 4 is 11.7 Å². The van der Waals surface area contributed by atoms with Gasteiger partial charge in [0.15, 0.2) is 0 Å². The summed E-state index contributed by atoms with van der Waals surface area (Å²) in [6, 6.07) is 6.99. The predicted octanol–water partition coefficient (Wildman–Crippen LogP) is 2.14. The van der Waals surface area contributed by atoms with Crippen molar-refractivity contribution in [2.75, 3.05) is 32.0 Å². The molecule has 0 aliphatic carbocycles. The van der Waals surface area contributed by atoms with Gasteiger partial charge in [-0.05, 0) is 50.6 Å². The highest BCUT2D eigenvalue weighted by molar-refractivity contribution is 5.88. The quantitative estimate of drug-likeness (QED) is 0.857. The largest absolute Gasteiger partial charge is 0.478 e. The number of likely N-dealkylation sites (tertiary alicyclic amines) is 1. The highest BCUT2D eigenvalue weighted by atomic mass is 16.4. The molecule has 1 fully saturated rings. The van der Waals surface area contributed by atoms with Crippen LogP contribution in [0.4, 0.5) is 5.69 Å². The molecule has 1 aliphatic rings. The summed E-state index contributed by atoms with van der Waals surface area (Å²) in [6.45, 7) is 3.21. The van der Waals surface area contributed by atoms with Crippen LogP contribution < -0.4 is 5.32 Å². The number of hydrogen-bond donors (Lipinski definition) is 2. The zero-order valence-electron chi connectivity index (χ0n) is 10.7. The Hall–Kier alpha value is -1.55. The van der Waals surface area contributed by atoms with Gasteiger partial charge in [-0.2, -0.15) is 0 Å². The summed E-state index contributed by atoms with van der Waals surface area (Å²) >= 11 is 0. The van der Waals surface area contributed by atoms with Crippen molar-refractivity contribution in [2.24, 2.45) is 5.92 Å². The minimum Gasteiger partial charge on any atom is -0.478 e. The van der Waals surface area contributed by atoms with Gasteiger partial charge >= 0.3 is 5.97 Å². The Labute approximate surface area is 108 Å². The van der Waals surface area contributed by atoms with Gasteiger partial charge in [-0.1, -0.05) is 6.07 Å². The Morgan fingerprint density at radius 1 is 1.56 bits per heavy atom. The smallest absolute Gasteiger partial charge is 0.335 e. The first-order valence-electron chi connectivity index (χ1n) is 6.41. The van der Waals surface area contributed by atoms with E-state index in [2.05, 4.69) is 17.3 Å².